The topological polar surface area (TPSA) is 105 Å². The highest BCUT2D eigenvalue weighted by Crippen LogP contribution is 2.44. The minimum atomic E-state index is -1.07. The van der Waals surface area contributed by atoms with Crippen molar-refractivity contribution >= 4 is 18.0 Å². The average molecular weight is 459 g/mol. The molecule has 4 rings (SSSR count). The van der Waals surface area contributed by atoms with Gasteiger partial charge in [-0.15, -0.1) is 0 Å². The molecule has 0 fully saturated rings. The van der Waals surface area contributed by atoms with Crippen LogP contribution >= 0.6 is 0 Å². The van der Waals surface area contributed by atoms with E-state index in [1.807, 2.05) is 24.3 Å². The van der Waals surface area contributed by atoms with Gasteiger partial charge in [-0.2, -0.15) is 0 Å². The molecule has 0 heterocycles. The number of fused-ring (bicyclic) bond motifs is 3. The van der Waals surface area contributed by atoms with Gasteiger partial charge < -0.3 is 20.5 Å². The van der Waals surface area contributed by atoms with Crippen molar-refractivity contribution in [2.45, 2.75) is 31.8 Å². The quantitative estimate of drug-likeness (QED) is 0.466. The van der Waals surface area contributed by atoms with Gasteiger partial charge in [-0.3, -0.25) is 4.79 Å². The van der Waals surface area contributed by atoms with Crippen molar-refractivity contribution in [3.8, 4) is 11.1 Å². The van der Waals surface area contributed by atoms with E-state index in [0.29, 0.717) is 12.0 Å². The lowest BCUT2D eigenvalue weighted by Crippen LogP contribution is -2.40. The van der Waals surface area contributed by atoms with Crippen LogP contribution in [0.4, 0.5) is 4.79 Å². The van der Waals surface area contributed by atoms with E-state index in [1.54, 1.807) is 31.2 Å². The Morgan fingerprint density at radius 2 is 1.50 bits per heavy atom. The summed E-state index contributed by atoms with van der Waals surface area (Å²) in [5.41, 5.74) is 5.78. The maximum Gasteiger partial charge on any atom is 0.407 e. The Labute approximate surface area is 197 Å². The lowest BCUT2D eigenvalue weighted by atomic mass is 9.98. The normalized spacial score (nSPS) is 12.9. The Morgan fingerprint density at radius 1 is 0.912 bits per heavy atom. The molecule has 2 amide bonds. The van der Waals surface area contributed by atoms with Gasteiger partial charge in [0.15, 0.2) is 0 Å². The van der Waals surface area contributed by atoms with Gasteiger partial charge in [-0.1, -0.05) is 67.6 Å². The Hall–Kier alpha value is -4.13. The number of ether oxygens (including phenoxy) is 1. The number of carboxylic acids is 1. The van der Waals surface area contributed by atoms with E-state index in [1.165, 1.54) is 11.1 Å². The molecule has 3 aromatic rings. The first-order valence-electron chi connectivity index (χ1n) is 11.2. The second-order valence-electron chi connectivity index (χ2n) is 8.15. The van der Waals surface area contributed by atoms with E-state index >= 15 is 0 Å². The Bertz CT molecular complexity index is 1160. The van der Waals surface area contributed by atoms with Crippen LogP contribution in [0.25, 0.3) is 11.1 Å². The monoisotopic (exact) mass is 458 g/mol. The number of benzene rings is 3. The van der Waals surface area contributed by atoms with Gasteiger partial charge in [0.2, 0.25) is 0 Å². The van der Waals surface area contributed by atoms with Gasteiger partial charge in [0, 0.05) is 18.0 Å². The molecule has 1 aliphatic carbocycles. The Kier molecular flexibility index (Phi) is 6.92. The van der Waals surface area contributed by atoms with Gasteiger partial charge in [0.05, 0.1) is 0 Å². The van der Waals surface area contributed by atoms with E-state index < -0.39 is 24.0 Å². The SMILES string of the molecule is CC[C@@H](NC(=O)c1ccc(CNC(=O)OCC2c3ccccc3-c3ccccc32)cc1)C(=O)O. The smallest absolute Gasteiger partial charge is 0.407 e. The summed E-state index contributed by atoms with van der Waals surface area (Å²) >= 11 is 0. The van der Waals surface area contributed by atoms with Crippen LogP contribution in [-0.2, 0) is 16.1 Å². The number of carbonyl (C=O) groups is 3. The maximum absolute atomic E-state index is 12.3. The zero-order chi connectivity index (χ0) is 24.1. The number of carbonyl (C=O) groups excluding carboxylic acids is 2. The molecule has 3 aromatic carbocycles. The Balaban J connectivity index is 1.30. The van der Waals surface area contributed by atoms with Crippen LogP contribution in [0.5, 0.6) is 0 Å². The third-order valence-corrected chi connectivity index (χ3v) is 6.01. The van der Waals surface area contributed by atoms with Gasteiger partial charge >= 0.3 is 12.1 Å². The zero-order valence-electron chi connectivity index (χ0n) is 18.8. The molecule has 0 saturated carbocycles. The molecule has 7 heteroatoms. The minimum absolute atomic E-state index is 0.00584. The minimum Gasteiger partial charge on any atom is -0.480 e. The van der Waals surface area contributed by atoms with Crippen LogP contribution in [0, 0.1) is 0 Å². The molecule has 34 heavy (non-hydrogen) atoms. The van der Waals surface area contributed by atoms with Crippen molar-refractivity contribution in [2.75, 3.05) is 6.61 Å². The van der Waals surface area contributed by atoms with Crippen molar-refractivity contribution < 1.29 is 24.2 Å². The standard InChI is InChI=1S/C27H26N2O5/c1-2-24(26(31)32)29-25(30)18-13-11-17(12-14-18)15-28-27(33)34-16-23-21-9-5-3-7-19(21)20-8-4-6-10-22(20)23/h3-14,23-24H,2,15-16H2,1H3,(H,28,33)(H,29,30)(H,31,32)/t24-/m1/s1. The summed E-state index contributed by atoms with van der Waals surface area (Å²) < 4.78 is 5.53. The van der Waals surface area contributed by atoms with Crippen LogP contribution in [-0.4, -0.2) is 35.7 Å². The number of hydrogen-bond donors (Lipinski definition) is 3. The van der Waals surface area contributed by atoms with E-state index in [4.69, 9.17) is 9.84 Å². The molecule has 7 nitrogen and oxygen atoms in total. The third-order valence-electron chi connectivity index (χ3n) is 6.01. The van der Waals surface area contributed by atoms with E-state index in [9.17, 15) is 14.4 Å². The Morgan fingerprint density at radius 3 is 2.06 bits per heavy atom. The largest absolute Gasteiger partial charge is 0.480 e. The lowest BCUT2D eigenvalue weighted by molar-refractivity contribution is -0.139. The lowest BCUT2D eigenvalue weighted by Gasteiger charge is -2.15. The van der Waals surface area contributed by atoms with Crippen LogP contribution in [0.15, 0.2) is 72.8 Å². The molecule has 174 valence electrons. The predicted molar refractivity (Wildman–Crippen MR) is 128 cm³/mol. The van der Waals surface area contributed by atoms with Crippen LogP contribution in [0.2, 0.25) is 0 Å². The van der Waals surface area contributed by atoms with E-state index in [-0.39, 0.29) is 19.1 Å². The number of alkyl carbamates (subject to hydrolysis) is 1. The summed E-state index contributed by atoms with van der Waals surface area (Å²) in [4.78, 5) is 35.6. The number of carboxylic acid groups (broad SMARTS) is 1. The number of aliphatic carboxylic acids is 1. The zero-order valence-corrected chi connectivity index (χ0v) is 18.8. The molecule has 0 aromatic heterocycles. The fourth-order valence-corrected chi connectivity index (χ4v) is 4.18. The van der Waals surface area contributed by atoms with E-state index in [0.717, 1.165) is 16.7 Å². The van der Waals surface area contributed by atoms with Gasteiger partial charge in [0.1, 0.15) is 12.6 Å². The van der Waals surface area contributed by atoms with Crippen molar-refractivity contribution in [2.24, 2.45) is 0 Å². The second kappa shape index (κ2) is 10.2. The van der Waals surface area contributed by atoms with Crippen molar-refractivity contribution in [3.63, 3.8) is 0 Å². The second-order valence-corrected chi connectivity index (χ2v) is 8.15. The van der Waals surface area contributed by atoms with Gasteiger partial charge in [-0.05, 0) is 46.4 Å². The summed E-state index contributed by atoms with van der Waals surface area (Å²) in [6.45, 7) is 2.17. The highest BCUT2D eigenvalue weighted by molar-refractivity contribution is 5.96. The number of rotatable bonds is 8. The van der Waals surface area contributed by atoms with Gasteiger partial charge in [-0.25, -0.2) is 9.59 Å². The number of amides is 2. The first-order valence-corrected chi connectivity index (χ1v) is 11.2. The van der Waals surface area contributed by atoms with Gasteiger partial charge in [0.25, 0.3) is 5.91 Å². The number of nitrogens with one attached hydrogen (secondary N) is 2. The van der Waals surface area contributed by atoms with Crippen molar-refractivity contribution in [1.29, 1.82) is 0 Å². The summed E-state index contributed by atoms with van der Waals surface area (Å²) in [5.74, 6) is -1.53. The molecule has 0 aliphatic heterocycles. The molecular weight excluding hydrogens is 432 g/mol. The molecular formula is C27H26N2O5. The highest BCUT2D eigenvalue weighted by atomic mass is 16.5. The fourth-order valence-electron chi connectivity index (χ4n) is 4.18. The maximum atomic E-state index is 12.3. The fraction of sp³-hybridized carbons (Fsp3) is 0.222. The molecule has 0 unspecified atom stereocenters. The van der Waals surface area contributed by atoms with Crippen LogP contribution < -0.4 is 10.6 Å². The summed E-state index contributed by atoms with van der Waals surface area (Å²) in [6, 6.07) is 22.0. The highest BCUT2D eigenvalue weighted by Gasteiger charge is 2.29. The first-order chi connectivity index (χ1) is 16.5. The first kappa shape index (κ1) is 23.0. The molecule has 0 saturated heterocycles. The molecule has 1 atom stereocenters. The molecule has 3 N–H and O–H groups in total. The van der Waals surface area contributed by atoms with Crippen molar-refractivity contribution in [3.05, 3.63) is 95.1 Å². The summed E-state index contributed by atoms with van der Waals surface area (Å²) in [7, 11) is 0. The average Bonchev–Trinajstić information content (AvgIpc) is 3.18. The molecule has 0 radical (unpaired) electrons. The predicted octanol–water partition coefficient (Wildman–Crippen LogP) is 4.32. The third kappa shape index (κ3) is 4.93. The molecule has 0 spiro atoms. The van der Waals surface area contributed by atoms with Crippen LogP contribution in [0.3, 0.4) is 0 Å². The van der Waals surface area contributed by atoms with E-state index in [2.05, 4.69) is 34.9 Å². The van der Waals surface area contributed by atoms with Crippen LogP contribution in [0.1, 0.15) is 46.3 Å². The summed E-state index contributed by atoms with van der Waals surface area (Å²) in [5, 5.41) is 14.3. The molecule has 1 aliphatic rings. The summed E-state index contributed by atoms with van der Waals surface area (Å²) in [6.07, 6.45) is -0.223. The van der Waals surface area contributed by atoms with Crippen molar-refractivity contribution in [1.82, 2.24) is 10.6 Å². The molecule has 0 bridgehead atoms. The number of hydrogen-bond acceptors (Lipinski definition) is 4.